The normalized spacial score (nSPS) is 11.9. The van der Waals surface area contributed by atoms with Crippen molar-refractivity contribution in [2.24, 2.45) is 0 Å². The third-order valence-corrected chi connectivity index (χ3v) is 14.9. The van der Waals surface area contributed by atoms with Crippen LogP contribution in [0.1, 0.15) is 0 Å². The van der Waals surface area contributed by atoms with Crippen LogP contribution in [-0.2, 0) is 0 Å². The van der Waals surface area contributed by atoms with E-state index >= 15 is 0 Å². The summed E-state index contributed by atoms with van der Waals surface area (Å²) in [5.74, 6) is 0.709. The van der Waals surface area contributed by atoms with E-state index in [1.54, 1.807) is 0 Å². The zero-order valence-electron chi connectivity index (χ0n) is 36.2. The predicted octanol–water partition coefficient (Wildman–Crippen LogP) is 18.1. The molecule has 2 aromatic heterocycles. The Bertz CT molecular complexity index is 4210. The molecule has 0 amide bonds. The Balaban J connectivity index is 0.861. The molecule has 0 spiro atoms. The summed E-state index contributed by atoms with van der Waals surface area (Å²) in [4.78, 5) is 11.5. The number of thiophene rings is 1. The molecule has 0 radical (unpaired) electrons. The molecule has 67 heavy (non-hydrogen) atoms. The van der Waals surface area contributed by atoms with E-state index in [0.717, 1.165) is 33.6 Å². The molecule has 14 rings (SSSR count). The number of aromatic nitrogens is 2. The molecule has 0 N–H and O–H groups in total. The van der Waals surface area contributed by atoms with Crippen molar-refractivity contribution in [2.45, 2.75) is 0 Å². The SMILES string of the molecule is c1ccc(-c2nc(-c3ccc(-c4cccc(-c5cc6ccc7cccc8c9cccc%10ccc%11cccc(c(c5)c6c78)c%11c%109)c4)cc3)cc(-c3ccc(-c4cc5ccccc5s4)cc3)n2)cc1. The molecule has 14 aromatic rings. The molecule has 0 saturated carbocycles. The lowest BCUT2D eigenvalue weighted by molar-refractivity contribution is 1.18. The summed E-state index contributed by atoms with van der Waals surface area (Å²) in [6.07, 6.45) is 0. The van der Waals surface area contributed by atoms with Gasteiger partial charge < -0.3 is 0 Å². The van der Waals surface area contributed by atoms with Gasteiger partial charge in [-0.3, -0.25) is 0 Å². The maximum absolute atomic E-state index is 5.15. The number of hydrogen-bond acceptors (Lipinski definition) is 3. The molecule has 0 unspecified atom stereocenters. The quantitative estimate of drug-likeness (QED) is 0.156. The van der Waals surface area contributed by atoms with E-state index in [4.69, 9.17) is 9.97 Å². The summed E-state index contributed by atoms with van der Waals surface area (Å²) in [6.45, 7) is 0. The van der Waals surface area contributed by atoms with Gasteiger partial charge in [-0.2, -0.15) is 0 Å². The van der Waals surface area contributed by atoms with E-state index in [9.17, 15) is 0 Å². The predicted molar refractivity (Wildman–Crippen MR) is 286 cm³/mol. The molecule has 0 fully saturated rings. The fraction of sp³-hybridized carbons (Fsp3) is 0. The first-order valence-electron chi connectivity index (χ1n) is 22.9. The Morgan fingerprint density at radius 3 is 1.36 bits per heavy atom. The number of benzene rings is 11. The summed E-state index contributed by atoms with van der Waals surface area (Å²) in [7, 11) is 0. The summed E-state index contributed by atoms with van der Waals surface area (Å²) < 4.78 is 1.30. The Morgan fingerprint density at radius 1 is 0.254 bits per heavy atom. The highest BCUT2D eigenvalue weighted by Crippen LogP contribution is 2.45. The van der Waals surface area contributed by atoms with Gasteiger partial charge in [-0.1, -0.05) is 194 Å². The monoisotopic (exact) mass is 866 g/mol. The maximum atomic E-state index is 5.15. The van der Waals surface area contributed by atoms with E-state index in [0.29, 0.717) is 5.82 Å². The zero-order chi connectivity index (χ0) is 44.0. The number of nitrogens with zero attached hydrogens (tertiary/aromatic N) is 2. The maximum Gasteiger partial charge on any atom is 0.160 e. The molecule has 3 heteroatoms. The standard InChI is InChI=1S/C64H38N2S/c1-2-10-46(11-3-1)64-65-56(38-57(66-64)41-26-28-42(29-27-41)59-37-49-12-4-5-21-58(49)67-59)40-24-22-39(23-25-40)47-16-6-17-48(34-47)51-35-50-33-32-45-14-8-19-53-52-18-7-13-43-30-31-44-15-9-20-54(62(44)60(43)52)55(36-51)63(50)61(45)53/h1-38H. The van der Waals surface area contributed by atoms with E-state index in [1.807, 2.05) is 29.5 Å². The average molecular weight is 867 g/mol. The third kappa shape index (κ3) is 6.24. The first kappa shape index (κ1) is 37.8. The van der Waals surface area contributed by atoms with Gasteiger partial charge in [0.05, 0.1) is 11.4 Å². The van der Waals surface area contributed by atoms with Crippen LogP contribution in [-0.4, -0.2) is 9.97 Å². The second kappa shape index (κ2) is 15.0. The Labute approximate surface area is 391 Å². The summed E-state index contributed by atoms with van der Waals surface area (Å²) in [5, 5.41) is 16.8. The minimum absolute atomic E-state index is 0.709. The zero-order valence-corrected chi connectivity index (χ0v) is 37.1. The van der Waals surface area contributed by atoms with Crippen LogP contribution in [0.2, 0.25) is 0 Å². The highest BCUT2D eigenvalue weighted by molar-refractivity contribution is 7.22. The van der Waals surface area contributed by atoms with Crippen molar-refractivity contribution in [3.05, 3.63) is 231 Å². The molecule has 310 valence electrons. The van der Waals surface area contributed by atoms with Gasteiger partial charge in [0.2, 0.25) is 0 Å². The van der Waals surface area contributed by atoms with Crippen LogP contribution >= 0.6 is 11.3 Å². The number of fused-ring (bicyclic) bond motifs is 3. The van der Waals surface area contributed by atoms with Crippen molar-refractivity contribution in [3.8, 4) is 66.6 Å². The summed E-state index contributed by atoms with van der Waals surface area (Å²) in [5.41, 5.74) is 10.8. The lowest BCUT2D eigenvalue weighted by atomic mass is 9.86. The molecule has 2 nitrogen and oxygen atoms in total. The Morgan fingerprint density at radius 2 is 0.731 bits per heavy atom. The lowest BCUT2D eigenvalue weighted by Gasteiger charge is -2.17. The van der Waals surface area contributed by atoms with E-state index < -0.39 is 0 Å². The molecule has 0 atom stereocenters. The third-order valence-electron chi connectivity index (χ3n) is 13.8. The average Bonchev–Trinajstić information content (AvgIpc) is 3.84. The van der Waals surface area contributed by atoms with Crippen LogP contribution in [0.15, 0.2) is 231 Å². The topological polar surface area (TPSA) is 25.8 Å². The Kier molecular flexibility index (Phi) is 8.49. The van der Waals surface area contributed by atoms with Crippen molar-refractivity contribution in [2.75, 3.05) is 0 Å². The van der Waals surface area contributed by atoms with Gasteiger partial charge in [0.1, 0.15) is 0 Å². The minimum Gasteiger partial charge on any atom is -0.228 e. The van der Waals surface area contributed by atoms with Gasteiger partial charge in [-0.25, -0.2) is 9.97 Å². The van der Waals surface area contributed by atoms with Crippen molar-refractivity contribution >= 4 is 86.1 Å². The van der Waals surface area contributed by atoms with E-state index in [-0.39, 0.29) is 0 Å². The van der Waals surface area contributed by atoms with Crippen LogP contribution in [0.3, 0.4) is 0 Å². The lowest BCUT2D eigenvalue weighted by Crippen LogP contribution is -1.96. The van der Waals surface area contributed by atoms with Crippen LogP contribution in [0.25, 0.3) is 141 Å². The molecule has 0 bridgehead atoms. The van der Waals surface area contributed by atoms with Crippen LogP contribution in [0, 0.1) is 0 Å². The summed E-state index contributed by atoms with van der Waals surface area (Å²) in [6, 6.07) is 84.3. The molecule has 0 aliphatic rings. The molecular weight excluding hydrogens is 829 g/mol. The number of hydrogen-bond donors (Lipinski definition) is 0. The van der Waals surface area contributed by atoms with Crippen LogP contribution in [0.5, 0.6) is 0 Å². The van der Waals surface area contributed by atoms with Crippen molar-refractivity contribution < 1.29 is 0 Å². The van der Waals surface area contributed by atoms with Crippen molar-refractivity contribution in [1.82, 2.24) is 9.97 Å². The highest BCUT2D eigenvalue weighted by atomic mass is 32.1. The second-order valence-corrected chi connectivity index (χ2v) is 18.8. The largest absolute Gasteiger partial charge is 0.228 e. The molecule has 0 aliphatic carbocycles. The van der Waals surface area contributed by atoms with Gasteiger partial charge >= 0.3 is 0 Å². The molecule has 12 aromatic carbocycles. The highest BCUT2D eigenvalue weighted by Gasteiger charge is 2.17. The van der Waals surface area contributed by atoms with E-state index in [2.05, 4.69) is 212 Å². The fourth-order valence-corrected chi connectivity index (χ4v) is 11.6. The number of rotatable bonds is 6. The first-order valence-corrected chi connectivity index (χ1v) is 23.7. The summed E-state index contributed by atoms with van der Waals surface area (Å²) >= 11 is 1.83. The van der Waals surface area contributed by atoms with Gasteiger partial charge in [0, 0.05) is 26.3 Å². The van der Waals surface area contributed by atoms with Crippen molar-refractivity contribution in [3.63, 3.8) is 0 Å². The van der Waals surface area contributed by atoms with E-state index in [1.165, 1.54) is 102 Å². The smallest absolute Gasteiger partial charge is 0.160 e. The van der Waals surface area contributed by atoms with Gasteiger partial charge in [0.15, 0.2) is 5.82 Å². The minimum atomic E-state index is 0.709. The second-order valence-electron chi connectivity index (χ2n) is 17.7. The van der Waals surface area contributed by atoms with Gasteiger partial charge in [-0.05, 0) is 134 Å². The van der Waals surface area contributed by atoms with Crippen LogP contribution < -0.4 is 0 Å². The fourth-order valence-electron chi connectivity index (χ4n) is 10.6. The van der Waals surface area contributed by atoms with Gasteiger partial charge in [-0.15, -0.1) is 11.3 Å². The molecule has 0 saturated heterocycles. The van der Waals surface area contributed by atoms with Gasteiger partial charge in [0.25, 0.3) is 0 Å². The Hall–Kier alpha value is -8.50. The molecule has 2 heterocycles. The van der Waals surface area contributed by atoms with Crippen molar-refractivity contribution in [1.29, 1.82) is 0 Å². The molecular formula is C64H38N2S. The van der Waals surface area contributed by atoms with Crippen LogP contribution in [0.4, 0.5) is 0 Å². The first-order chi connectivity index (χ1) is 33.2. The molecule has 0 aliphatic heterocycles.